The van der Waals surface area contributed by atoms with Gasteiger partial charge in [-0.05, 0) is 36.5 Å². The standard InChI is InChI=1S/C11H14O4S/c12-10-3-1-2-9(6-10)11(8-4-5-8)7-16(13,14)15/h1-3,6,8,11-12H,4-5,7H2,(H,13,14,15). The molecule has 1 atom stereocenters. The number of hydrogen-bond acceptors (Lipinski definition) is 3. The fourth-order valence-electron chi connectivity index (χ4n) is 1.99. The molecule has 1 fully saturated rings. The van der Waals surface area contributed by atoms with Gasteiger partial charge in [0.1, 0.15) is 5.75 Å². The van der Waals surface area contributed by atoms with Crippen LogP contribution in [0.1, 0.15) is 24.3 Å². The molecule has 0 heterocycles. The second-order valence-electron chi connectivity index (χ2n) is 4.29. The average molecular weight is 242 g/mol. The van der Waals surface area contributed by atoms with Crippen LogP contribution in [0.15, 0.2) is 24.3 Å². The van der Waals surface area contributed by atoms with Gasteiger partial charge in [0.25, 0.3) is 10.1 Å². The predicted molar refractivity (Wildman–Crippen MR) is 60.0 cm³/mol. The minimum atomic E-state index is -3.97. The molecule has 0 radical (unpaired) electrons. The molecule has 2 N–H and O–H groups in total. The second kappa shape index (κ2) is 4.07. The highest BCUT2D eigenvalue weighted by Crippen LogP contribution is 2.43. The smallest absolute Gasteiger partial charge is 0.265 e. The summed E-state index contributed by atoms with van der Waals surface area (Å²) in [6.07, 6.45) is 1.96. The molecule has 1 aromatic carbocycles. The third-order valence-electron chi connectivity index (χ3n) is 2.88. The maximum Gasteiger partial charge on any atom is 0.265 e. The highest BCUT2D eigenvalue weighted by atomic mass is 32.2. The van der Waals surface area contributed by atoms with Crippen molar-refractivity contribution >= 4 is 10.1 Å². The van der Waals surface area contributed by atoms with Crippen LogP contribution in [0.3, 0.4) is 0 Å². The van der Waals surface area contributed by atoms with E-state index >= 15 is 0 Å². The zero-order valence-electron chi connectivity index (χ0n) is 8.70. The van der Waals surface area contributed by atoms with Gasteiger partial charge >= 0.3 is 0 Å². The first-order valence-electron chi connectivity index (χ1n) is 5.20. The van der Waals surface area contributed by atoms with Gasteiger partial charge in [-0.3, -0.25) is 4.55 Å². The lowest BCUT2D eigenvalue weighted by atomic mass is 9.96. The molecule has 1 saturated carbocycles. The number of phenols is 1. The summed E-state index contributed by atoms with van der Waals surface area (Å²) in [5, 5.41) is 9.35. The largest absolute Gasteiger partial charge is 0.508 e. The van der Waals surface area contributed by atoms with E-state index in [1.807, 2.05) is 0 Å². The van der Waals surface area contributed by atoms with E-state index in [2.05, 4.69) is 0 Å². The Morgan fingerprint density at radius 2 is 2.06 bits per heavy atom. The zero-order chi connectivity index (χ0) is 11.8. The molecule has 0 aromatic heterocycles. The van der Waals surface area contributed by atoms with Crippen LogP contribution >= 0.6 is 0 Å². The summed E-state index contributed by atoms with van der Waals surface area (Å²) in [6.45, 7) is 0. The lowest BCUT2D eigenvalue weighted by molar-refractivity contribution is 0.466. The predicted octanol–water partition coefficient (Wildman–Crippen LogP) is 1.77. The van der Waals surface area contributed by atoms with Crippen LogP contribution in [-0.2, 0) is 10.1 Å². The van der Waals surface area contributed by atoms with Crippen molar-refractivity contribution in [3.05, 3.63) is 29.8 Å². The molecule has 0 spiro atoms. The van der Waals surface area contributed by atoms with E-state index in [4.69, 9.17) is 4.55 Å². The molecular weight excluding hydrogens is 228 g/mol. The van der Waals surface area contributed by atoms with Crippen molar-refractivity contribution in [1.29, 1.82) is 0 Å². The summed E-state index contributed by atoms with van der Waals surface area (Å²) >= 11 is 0. The molecule has 1 aromatic rings. The Labute approximate surface area is 94.7 Å². The lowest BCUT2D eigenvalue weighted by Crippen LogP contribution is -2.15. The molecule has 88 valence electrons. The molecule has 0 saturated heterocycles. The van der Waals surface area contributed by atoms with Gasteiger partial charge in [0.15, 0.2) is 0 Å². The van der Waals surface area contributed by atoms with Crippen molar-refractivity contribution in [2.45, 2.75) is 18.8 Å². The van der Waals surface area contributed by atoms with E-state index in [0.717, 1.165) is 18.4 Å². The van der Waals surface area contributed by atoms with E-state index < -0.39 is 10.1 Å². The molecule has 0 amide bonds. The van der Waals surface area contributed by atoms with Crippen molar-refractivity contribution in [1.82, 2.24) is 0 Å². The van der Waals surface area contributed by atoms with Gasteiger partial charge in [-0.25, -0.2) is 0 Å². The minimum Gasteiger partial charge on any atom is -0.508 e. The fraction of sp³-hybridized carbons (Fsp3) is 0.455. The maximum absolute atomic E-state index is 10.9. The van der Waals surface area contributed by atoms with Crippen LogP contribution in [0.4, 0.5) is 0 Å². The fourth-order valence-corrected chi connectivity index (χ4v) is 2.90. The van der Waals surface area contributed by atoms with E-state index in [1.54, 1.807) is 24.3 Å². The van der Waals surface area contributed by atoms with Crippen molar-refractivity contribution in [2.24, 2.45) is 5.92 Å². The zero-order valence-corrected chi connectivity index (χ0v) is 9.52. The van der Waals surface area contributed by atoms with E-state index in [0.29, 0.717) is 5.92 Å². The van der Waals surface area contributed by atoms with Gasteiger partial charge in [-0.2, -0.15) is 8.42 Å². The molecular formula is C11H14O4S. The van der Waals surface area contributed by atoms with Crippen molar-refractivity contribution in [2.75, 3.05) is 5.75 Å². The van der Waals surface area contributed by atoms with Crippen LogP contribution in [0.2, 0.25) is 0 Å². The van der Waals surface area contributed by atoms with Gasteiger partial charge in [-0.1, -0.05) is 12.1 Å². The average Bonchev–Trinajstić information content (AvgIpc) is 2.96. The molecule has 1 aliphatic rings. The molecule has 1 aliphatic carbocycles. The normalized spacial score (nSPS) is 18.3. The second-order valence-corrected chi connectivity index (χ2v) is 5.78. The monoisotopic (exact) mass is 242 g/mol. The molecule has 1 unspecified atom stereocenters. The quantitative estimate of drug-likeness (QED) is 0.789. The van der Waals surface area contributed by atoms with Gasteiger partial charge < -0.3 is 5.11 Å². The number of phenolic OH excluding ortho intramolecular Hbond substituents is 1. The van der Waals surface area contributed by atoms with Crippen molar-refractivity contribution in [3.8, 4) is 5.75 Å². The topological polar surface area (TPSA) is 74.6 Å². The van der Waals surface area contributed by atoms with Crippen LogP contribution in [-0.4, -0.2) is 23.8 Å². The summed E-state index contributed by atoms with van der Waals surface area (Å²) in [6, 6.07) is 6.58. The summed E-state index contributed by atoms with van der Waals surface area (Å²) in [4.78, 5) is 0. The SMILES string of the molecule is O=S(=O)(O)CC(c1cccc(O)c1)C1CC1. The molecule has 2 rings (SSSR count). The van der Waals surface area contributed by atoms with Crippen LogP contribution < -0.4 is 0 Å². The van der Waals surface area contributed by atoms with Gasteiger partial charge in [0.2, 0.25) is 0 Å². The van der Waals surface area contributed by atoms with Crippen molar-refractivity contribution < 1.29 is 18.1 Å². The highest BCUT2D eigenvalue weighted by molar-refractivity contribution is 7.85. The maximum atomic E-state index is 10.9. The first kappa shape index (κ1) is 11.4. The number of aromatic hydroxyl groups is 1. The Morgan fingerprint density at radius 3 is 2.56 bits per heavy atom. The number of hydrogen-bond donors (Lipinski definition) is 2. The first-order valence-corrected chi connectivity index (χ1v) is 6.81. The summed E-state index contributed by atoms with van der Waals surface area (Å²) in [7, 11) is -3.97. The highest BCUT2D eigenvalue weighted by Gasteiger charge is 2.35. The molecule has 0 bridgehead atoms. The Hall–Kier alpha value is -1.07. The van der Waals surface area contributed by atoms with Gasteiger partial charge in [-0.15, -0.1) is 0 Å². The lowest BCUT2D eigenvalue weighted by Gasteiger charge is -2.15. The Morgan fingerprint density at radius 1 is 1.38 bits per heavy atom. The number of rotatable bonds is 4. The molecule has 16 heavy (non-hydrogen) atoms. The summed E-state index contributed by atoms with van der Waals surface area (Å²) < 4.78 is 30.8. The van der Waals surface area contributed by atoms with Gasteiger partial charge in [0.05, 0.1) is 5.75 Å². The summed E-state index contributed by atoms with van der Waals surface area (Å²) in [5.41, 5.74) is 0.778. The van der Waals surface area contributed by atoms with Crippen LogP contribution in [0.25, 0.3) is 0 Å². The number of benzene rings is 1. The molecule has 5 heteroatoms. The third kappa shape index (κ3) is 2.96. The molecule has 4 nitrogen and oxygen atoms in total. The van der Waals surface area contributed by atoms with Crippen LogP contribution in [0.5, 0.6) is 5.75 Å². The Kier molecular flexibility index (Phi) is 2.90. The van der Waals surface area contributed by atoms with E-state index in [1.165, 1.54) is 0 Å². The minimum absolute atomic E-state index is 0.124. The van der Waals surface area contributed by atoms with Crippen LogP contribution in [0, 0.1) is 5.92 Å². The first-order chi connectivity index (χ1) is 7.46. The van der Waals surface area contributed by atoms with Crippen molar-refractivity contribution in [3.63, 3.8) is 0 Å². The molecule has 0 aliphatic heterocycles. The third-order valence-corrected chi connectivity index (χ3v) is 3.66. The van der Waals surface area contributed by atoms with E-state index in [9.17, 15) is 13.5 Å². The van der Waals surface area contributed by atoms with E-state index in [-0.39, 0.29) is 17.4 Å². The Balaban J connectivity index is 2.26. The Bertz CT molecular complexity index is 477. The summed E-state index contributed by atoms with van der Waals surface area (Å²) in [5.74, 6) is -0.0366. The van der Waals surface area contributed by atoms with Gasteiger partial charge in [0, 0.05) is 5.92 Å².